The van der Waals surface area contributed by atoms with Gasteiger partial charge in [-0.2, -0.15) is 24.9 Å². The Morgan fingerprint density at radius 1 is 1.56 bits per heavy atom. The standard InChI is InChI=1S/C9H15F3N2OS/c1-16-5-4-14-7(15)8(9(10,11)12)2-3-13-6-8/h13H,2-6H2,1H3,(H,14,15). The van der Waals surface area contributed by atoms with E-state index in [4.69, 9.17) is 0 Å². The predicted octanol–water partition coefficient (Wildman–Crippen LogP) is 1.01. The van der Waals surface area contributed by atoms with E-state index in [0.717, 1.165) is 0 Å². The van der Waals surface area contributed by atoms with Crippen molar-refractivity contribution in [1.29, 1.82) is 0 Å². The topological polar surface area (TPSA) is 41.1 Å². The second-order valence-corrected chi connectivity index (χ2v) is 4.74. The highest BCUT2D eigenvalue weighted by Gasteiger charge is 2.61. The van der Waals surface area contributed by atoms with Crippen LogP contribution in [-0.2, 0) is 4.79 Å². The minimum absolute atomic E-state index is 0.179. The molecule has 0 radical (unpaired) electrons. The molecule has 0 spiro atoms. The third-order valence-electron chi connectivity index (χ3n) is 2.72. The molecule has 3 nitrogen and oxygen atoms in total. The number of nitrogens with one attached hydrogen (secondary N) is 2. The van der Waals surface area contributed by atoms with Gasteiger partial charge in [0.15, 0.2) is 5.41 Å². The van der Waals surface area contributed by atoms with Crippen LogP contribution in [0, 0.1) is 5.41 Å². The SMILES string of the molecule is CSCCNC(=O)C1(C(F)(F)F)CCNC1. The van der Waals surface area contributed by atoms with Crippen molar-refractivity contribution < 1.29 is 18.0 Å². The molecule has 16 heavy (non-hydrogen) atoms. The van der Waals surface area contributed by atoms with Gasteiger partial charge in [-0.25, -0.2) is 0 Å². The monoisotopic (exact) mass is 256 g/mol. The van der Waals surface area contributed by atoms with Crippen LogP contribution in [-0.4, -0.2) is 43.7 Å². The van der Waals surface area contributed by atoms with Gasteiger partial charge in [0, 0.05) is 18.8 Å². The summed E-state index contributed by atoms with van der Waals surface area (Å²) in [5.74, 6) is -0.285. The molecule has 1 saturated heterocycles. The van der Waals surface area contributed by atoms with Crippen LogP contribution in [0.15, 0.2) is 0 Å². The first-order valence-electron chi connectivity index (χ1n) is 4.99. The molecular formula is C9H15F3N2OS. The normalized spacial score (nSPS) is 25.8. The molecule has 1 amide bonds. The lowest BCUT2D eigenvalue weighted by Crippen LogP contribution is -2.52. The average molecular weight is 256 g/mol. The van der Waals surface area contributed by atoms with Crippen LogP contribution in [0.2, 0.25) is 0 Å². The van der Waals surface area contributed by atoms with Gasteiger partial charge in [-0.05, 0) is 19.2 Å². The van der Waals surface area contributed by atoms with Crippen LogP contribution in [0.3, 0.4) is 0 Å². The number of hydrogen-bond donors (Lipinski definition) is 2. The molecule has 1 heterocycles. The van der Waals surface area contributed by atoms with Gasteiger partial charge in [0.25, 0.3) is 0 Å². The molecule has 0 aromatic carbocycles. The number of carbonyl (C=O) groups excluding carboxylic acids is 1. The molecule has 0 aromatic rings. The van der Waals surface area contributed by atoms with Crippen molar-refractivity contribution in [2.24, 2.45) is 5.41 Å². The zero-order chi connectivity index (χ0) is 12.2. The molecule has 0 aromatic heterocycles. The molecule has 0 bridgehead atoms. The van der Waals surface area contributed by atoms with Gasteiger partial charge in [0.05, 0.1) is 0 Å². The van der Waals surface area contributed by atoms with Crippen LogP contribution in [0.4, 0.5) is 13.2 Å². The first-order valence-corrected chi connectivity index (χ1v) is 6.38. The molecule has 1 unspecified atom stereocenters. The van der Waals surface area contributed by atoms with E-state index in [0.29, 0.717) is 5.75 Å². The quantitative estimate of drug-likeness (QED) is 0.738. The van der Waals surface area contributed by atoms with E-state index in [1.807, 2.05) is 6.26 Å². The van der Waals surface area contributed by atoms with E-state index in [1.165, 1.54) is 11.8 Å². The second-order valence-electron chi connectivity index (χ2n) is 3.76. The van der Waals surface area contributed by atoms with E-state index in [1.54, 1.807) is 0 Å². The molecule has 1 atom stereocenters. The molecule has 1 aliphatic heterocycles. The number of carbonyl (C=O) groups is 1. The zero-order valence-electron chi connectivity index (χ0n) is 8.99. The van der Waals surface area contributed by atoms with Crippen molar-refractivity contribution in [1.82, 2.24) is 10.6 Å². The summed E-state index contributed by atoms with van der Waals surface area (Å²) >= 11 is 1.48. The van der Waals surface area contributed by atoms with Crippen molar-refractivity contribution in [2.45, 2.75) is 12.6 Å². The maximum Gasteiger partial charge on any atom is 0.404 e. The molecule has 94 valence electrons. The highest BCUT2D eigenvalue weighted by molar-refractivity contribution is 7.98. The highest BCUT2D eigenvalue weighted by Crippen LogP contribution is 2.43. The van der Waals surface area contributed by atoms with Gasteiger partial charge in [-0.3, -0.25) is 4.79 Å². The third kappa shape index (κ3) is 2.63. The fourth-order valence-corrected chi connectivity index (χ4v) is 2.00. The van der Waals surface area contributed by atoms with E-state index in [-0.39, 0.29) is 26.1 Å². The Balaban J connectivity index is 2.67. The van der Waals surface area contributed by atoms with Crippen LogP contribution >= 0.6 is 11.8 Å². The number of rotatable bonds is 4. The first kappa shape index (κ1) is 13.6. The minimum atomic E-state index is -4.49. The lowest BCUT2D eigenvalue weighted by atomic mass is 9.85. The van der Waals surface area contributed by atoms with Crippen molar-refractivity contribution in [3.8, 4) is 0 Å². The van der Waals surface area contributed by atoms with Crippen LogP contribution < -0.4 is 10.6 Å². The summed E-state index contributed by atoms with van der Waals surface area (Å²) < 4.78 is 38.6. The fraction of sp³-hybridized carbons (Fsp3) is 0.889. The molecular weight excluding hydrogens is 241 g/mol. The molecule has 1 fully saturated rings. The van der Waals surface area contributed by atoms with E-state index < -0.39 is 17.5 Å². The van der Waals surface area contributed by atoms with Gasteiger partial charge in [-0.1, -0.05) is 0 Å². The summed E-state index contributed by atoms with van der Waals surface area (Å²) in [7, 11) is 0. The van der Waals surface area contributed by atoms with E-state index in [2.05, 4.69) is 10.6 Å². The Hall–Kier alpha value is -0.430. The zero-order valence-corrected chi connectivity index (χ0v) is 9.80. The molecule has 1 aliphatic rings. The summed E-state index contributed by atoms with van der Waals surface area (Å²) in [5.41, 5.74) is -2.23. The Morgan fingerprint density at radius 3 is 2.69 bits per heavy atom. The van der Waals surface area contributed by atoms with Gasteiger partial charge in [0.2, 0.25) is 5.91 Å². The van der Waals surface area contributed by atoms with Gasteiger partial charge in [-0.15, -0.1) is 0 Å². The van der Waals surface area contributed by atoms with E-state index in [9.17, 15) is 18.0 Å². The van der Waals surface area contributed by atoms with Crippen LogP contribution in [0.5, 0.6) is 0 Å². The smallest absolute Gasteiger partial charge is 0.354 e. The predicted molar refractivity (Wildman–Crippen MR) is 57.4 cm³/mol. The molecule has 0 aliphatic carbocycles. The number of amides is 1. The Labute approximate surface area is 96.5 Å². The summed E-state index contributed by atoms with van der Waals surface area (Å²) in [6.45, 7) is 0.189. The maximum absolute atomic E-state index is 12.9. The van der Waals surface area contributed by atoms with Crippen LogP contribution in [0.25, 0.3) is 0 Å². The van der Waals surface area contributed by atoms with Gasteiger partial charge in [0.1, 0.15) is 0 Å². The highest BCUT2D eigenvalue weighted by atomic mass is 32.2. The number of hydrogen-bond acceptors (Lipinski definition) is 3. The molecule has 0 saturated carbocycles. The Kier molecular flexibility index (Phi) is 4.49. The molecule has 7 heteroatoms. The fourth-order valence-electron chi connectivity index (χ4n) is 1.69. The Morgan fingerprint density at radius 2 is 2.25 bits per heavy atom. The molecule has 2 N–H and O–H groups in total. The van der Waals surface area contributed by atoms with Gasteiger partial charge >= 0.3 is 6.18 Å². The van der Waals surface area contributed by atoms with Crippen molar-refractivity contribution in [2.75, 3.05) is 31.6 Å². The van der Waals surface area contributed by atoms with Crippen molar-refractivity contribution in [3.63, 3.8) is 0 Å². The first-order chi connectivity index (χ1) is 7.44. The van der Waals surface area contributed by atoms with Crippen LogP contribution in [0.1, 0.15) is 6.42 Å². The number of thioether (sulfide) groups is 1. The lowest BCUT2D eigenvalue weighted by Gasteiger charge is -2.29. The number of halogens is 3. The second kappa shape index (κ2) is 5.27. The van der Waals surface area contributed by atoms with Crippen molar-refractivity contribution >= 4 is 17.7 Å². The Bertz CT molecular complexity index is 252. The summed E-state index contributed by atoms with van der Waals surface area (Å²) in [4.78, 5) is 11.6. The van der Waals surface area contributed by atoms with Gasteiger partial charge < -0.3 is 10.6 Å². The van der Waals surface area contributed by atoms with E-state index >= 15 is 0 Å². The number of alkyl halides is 3. The summed E-state index contributed by atoms with van der Waals surface area (Å²) in [5, 5.41) is 4.96. The lowest BCUT2D eigenvalue weighted by molar-refractivity contribution is -0.215. The minimum Gasteiger partial charge on any atom is -0.354 e. The van der Waals surface area contributed by atoms with Crippen molar-refractivity contribution in [3.05, 3.63) is 0 Å². The molecule has 1 rings (SSSR count). The third-order valence-corrected chi connectivity index (χ3v) is 3.34. The summed E-state index contributed by atoms with van der Waals surface area (Å²) in [6.07, 6.45) is -2.83. The largest absolute Gasteiger partial charge is 0.404 e. The summed E-state index contributed by atoms with van der Waals surface area (Å²) in [6, 6.07) is 0. The maximum atomic E-state index is 12.9. The average Bonchev–Trinajstić information content (AvgIpc) is 2.66.